The Morgan fingerprint density at radius 2 is 2.15 bits per heavy atom. The summed E-state index contributed by atoms with van der Waals surface area (Å²) in [4.78, 5) is 12.3. The molecule has 3 nitrogen and oxygen atoms in total. The molecule has 1 heterocycles. The van der Waals surface area contributed by atoms with E-state index in [9.17, 15) is 4.79 Å². The number of hydrogen-bond acceptors (Lipinski definition) is 1. The lowest BCUT2D eigenvalue weighted by Gasteiger charge is -2.10. The van der Waals surface area contributed by atoms with E-state index in [-0.39, 0.29) is 5.91 Å². The number of nitrogens with zero attached hydrogens (tertiary/aromatic N) is 1. The Hall–Kier alpha value is -1.26. The maximum absolute atomic E-state index is 12.3. The first kappa shape index (κ1) is 15.1. The van der Waals surface area contributed by atoms with Crippen molar-refractivity contribution >= 4 is 39.1 Å². The van der Waals surface area contributed by atoms with Crippen LogP contribution in [0.5, 0.6) is 0 Å². The van der Waals surface area contributed by atoms with E-state index in [0.717, 1.165) is 28.7 Å². The number of aryl methyl sites for hydroxylation is 2. The van der Waals surface area contributed by atoms with Gasteiger partial charge in [-0.15, -0.1) is 0 Å². The third kappa shape index (κ3) is 3.44. The molecule has 1 amide bonds. The standard InChI is InChI=1S/C15H16BrClN2O/c1-3-6-19-9-11(17)8-14(19)15(20)18-13-5-4-10(2)7-12(13)16/h4-5,7-9H,3,6H2,1-2H3,(H,18,20). The number of nitrogens with one attached hydrogen (secondary N) is 1. The quantitative estimate of drug-likeness (QED) is 0.833. The van der Waals surface area contributed by atoms with Gasteiger partial charge in [0.15, 0.2) is 0 Å². The van der Waals surface area contributed by atoms with Crippen molar-refractivity contribution in [2.75, 3.05) is 5.32 Å². The van der Waals surface area contributed by atoms with Gasteiger partial charge >= 0.3 is 0 Å². The van der Waals surface area contributed by atoms with Gasteiger partial charge in [0, 0.05) is 17.2 Å². The predicted octanol–water partition coefficient (Wildman–Crippen LogP) is 4.87. The second kappa shape index (κ2) is 6.46. The molecule has 0 aliphatic carbocycles. The van der Waals surface area contributed by atoms with E-state index in [1.54, 1.807) is 12.3 Å². The first-order chi connectivity index (χ1) is 9.51. The SMILES string of the molecule is CCCn1cc(Cl)cc1C(=O)Nc1ccc(C)cc1Br. The lowest BCUT2D eigenvalue weighted by atomic mass is 10.2. The Labute approximate surface area is 132 Å². The lowest BCUT2D eigenvalue weighted by Crippen LogP contribution is -2.17. The van der Waals surface area contributed by atoms with Crippen molar-refractivity contribution in [1.29, 1.82) is 0 Å². The Morgan fingerprint density at radius 1 is 1.40 bits per heavy atom. The van der Waals surface area contributed by atoms with Gasteiger partial charge in [-0.2, -0.15) is 0 Å². The van der Waals surface area contributed by atoms with Crippen molar-refractivity contribution in [2.24, 2.45) is 0 Å². The number of benzene rings is 1. The zero-order valence-electron chi connectivity index (χ0n) is 11.4. The van der Waals surface area contributed by atoms with Gasteiger partial charge in [-0.3, -0.25) is 4.79 Å². The minimum Gasteiger partial charge on any atom is -0.342 e. The van der Waals surface area contributed by atoms with Gasteiger partial charge in [0.2, 0.25) is 0 Å². The first-order valence-electron chi connectivity index (χ1n) is 6.44. The zero-order chi connectivity index (χ0) is 14.7. The maximum atomic E-state index is 12.3. The normalized spacial score (nSPS) is 10.6. The first-order valence-corrected chi connectivity index (χ1v) is 7.61. The Morgan fingerprint density at radius 3 is 2.80 bits per heavy atom. The van der Waals surface area contributed by atoms with E-state index in [2.05, 4.69) is 28.2 Å². The summed E-state index contributed by atoms with van der Waals surface area (Å²) in [7, 11) is 0. The molecule has 0 fully saturated rings. The molecule has 106 valence electrons. The van der Waals surface area contributed by atoms with E-state index >= 15 is 0 Å². The number of hydrogen-bond donors (Lipinski definition) is 1. The average molecular weight is 356 g/mol. The van der Waals surface area contributed by atoms with E-state index in [1.165, 1.54) is 0 Å². The summed E-state index contributed by atoms with van der Waals surface area (Å²) in [6.07, 6.45) is 2.73. The lowest BCUT2D eigenvalue weighted by molar-refractivity contribution is 0.101. The van der Waals surface area contributed by atoms with Crippen molar-refractivity contribution in [1.82, 2.24) is 4.57 Å². The number of rotatable bonds is 4. The van der Waals surface area contributed by atoms with Gasteiger partial charge in [0.1, 0.15) is 5.69 Å². The Bertz CT molecular complexity index is 637. The zero-order valence-corrected chi connectivity index (χ0v) is 13.8. The number of halogens is 2. The highest BCUT2D eigenvalue weighted by Gasteiger charge is 2.14. The molecule has 0 atom stereocenters. The van der Waals surface area contributed by atoms with Crippen LogP contribution in [0.25, 0.3) is 0 Å². The summed E-state index contributed by atoms with van der Waals surface area (Å²) in [6, 6.07) is 7.49. The van der Waals surface area contributed by atoms with Gasteiger partial charge in [-0.1, -0.05) is 24.6 Å². The molecule has 2 rings (SSSR count). The predicted molar refractivity (Wildman–Crippen MR) is 86.6 cm³/mol. The molecule has 1 aromatic heterocycles. The van der Waals surface area contributed by atoms with Gasteiger partial charge in [0.05, 0.1) is 10.7 Å². The number of anilines is 1. The van der Waals surface area contributed by atoms with E-state index < -0.39 is 0 Å². The molecule has 0 spiro atoms. The number of carbonyl (C=O) groups is 1. The van der Waals surface area contributed by atoms with Crippen molar-refractivity contribution < 1.29 is 4.79 Å². The third-order valence-electron chi connectivity index (χ3n) is 2.93. The van der Waals surface area contributed by atoms with Crippen LogP contribution in [-0.4, -0.2) is 10.5 Å². The minimum absolute atomic E-state index is 0.157. The van der Waals surface area contributed by atoms with E-state index in [1.807, 2.05) is 29.7 Å². The van der Waals surface area contributed by atoms with Crippen molar-refractivity contribution in [3.8, 4) is 0 Å². The van der Waals surface area contributed by atoms with Crippen LogP contribution in [0.3, 0.4) is 0 Å². The fourth-order valence-corrected chi connectivity index (χ4v) is 2.81. The minimum atomic E-state index is -0.157. The van der Waals surface area contributed by atoms with Gasteiger partial charge in [0.25, 0.3) is 5.91 Å². The summed E-state index contributed by atoms with van der Waals surface area (Å²) in [6.45, 7) is 4.83. The van der Waals surface area contributed by atoms with Crippen LogP contribution in [0.1, 0.15) is 29.4 Å². The molecule has 0 unspecified atom stereocenters. The molecular weight excluding hydrogens is 340 g/mol. The maximum Gasteiger partial charge on any atom is 0.272 e. The second-order valence-electron chi connectivity index (χ2n) is 4.67. The van der Waals surface area contributed by atoms with Crippen LogP contribution in [0.4, 0.5) is 5.69 Å². The topological polar surface area (TPSA) is 34.0 Å². The summed E-state index contributed by atoms with van der Waals surface area (Å²) < 4.78 is 2.74. The largest absolute Gasteiger partial charge is 0.342 e. The molecule has 5 heteroatoms. The molecule has 0 bridgehead atoms. The fraction of sp³-hybridized carbons (Fsp3) is 0.267. The molecule has 1 N–H and O–H groups in total. The summed E-state index contributed by atoms with van der Waals surface area (Å²) in [5, 5.41) is 3.48. The highest BCUT2D eigenvalue weighted by atomic mass is 79.9. The van der Waals surface area contributed by atoms with Crippen LogP contribution in [-0.2, 0) is 6.54 Å². The van der Waals surface area contributed by atoms with Gasteiger partial charge < -0.3 is 9.88 Å². The molecule has 0 aliphatic rings. The molecular formula is C15H16BrClN2O. The molecule has 0 radical (unpaired) electrons. The monoisotopic (exact) mass is 354 g/mol. The fourth-order valence-electron chi connectivity index (χ4n) is 2.00. The summed E-state index contributed by atoms with van der Waals surface area (Å²) >= 11 is 9.45. The van der Waals surface area contributed by atoms with Crippen LogP contribution in [0.15, 0.2) is 34.9 Å². The van der Waals surface area contributed by atoms with Crippen molar-refractivity contribution in [3.05, 3.63) is 51.2 Å². The van der Waals surface area contributed by atoms with Crippen molar-refractivity contribution in [3.63, 3.8) is 0 Å². The van der Waals surface area contributed by atoms with Crippen LogP contribution < -0.4 is 5.32 Å². The Kier molecular flexibility index (Phi) is 4.89. The summed E-state index contributed by atoms with van der Waals surface area (Å²) in [5.74, 6) is -0.157. The third-order valence-corrected chi connectivity index (χ3v) is 3.80. The molecule has 0 aliphatic heterocycles. The second-order valence-corrected chi connectivity index (χ2v) is 5.97. The highest BCUT2D eigenvalue weighted by Crippen LogP contribution is 2.24. The molecule has 2 aromatic rings. The smallest absolute Gasteiger partial charge is 0.272 e. The summed E-state index contributed by atoms with van der Waals surface area (Å²) in [5.41, 5.74) is 2.46. The van der Waals surface area contributed by atoms with E-state index in [0.29, 0.717) is 10.7 Å². The molecule has 20 heavy (non-hydrogen) atoms. The van der Waals surface area contributed by atoms with Crippen LogP contribution in [0, 0.1) is 6.92 Å². The molecule has 1 aromatic carbocycles. The molecule has 0 saturated heterocycles. The van der Waals surface area contributed by atoms with Gasteiger partial charge in [-0.25, -0.2) is 0 Å². The molecule has 0 saturated carbocycles. The number of aromatic nitrogens is 1. The number of amides is 1. The average Bonchev–Trinajstić information content (AvgIpc) is 2.74. The highest BCUT2D eigenvalue weighted by molar-refractivity contribution is 9.10. The Balaban J connectivity index is 2.23. The number of carbonyl (C=O) groups excluding carboxylic acids is 1. The van der Waals surface area contributed by atoms with Crippen LogP contribution in [0.2, 0.25) is 5.02 Å². The van der Waals surface area contributed by atoms with E-state index in [4.69, 9.17) is 11.6 Å². The van der Waals surface area contributed by atoms with Crippen molar-refractivity contribution in [2.45, 2.75) is 26.8 Å². The van der Waals surface area contributed by atoms with Gasteiger partial charge in [-0.05, 0) is 53.0 Å². The van der Waals surface area contributed by atoms with Crippen LogP contribution >= 0.6 is 27.5 Å².